The van der Waals surface area contributed by atoms with E-state index in [2.05, 4.69) is 33.8 Å². The Morgan fingerprint density at radius 3 is 2.61 bits per heavy atom. The molecule has 1 saturated heterocycles. The summed E-state index contributed by atoms with van der Waals surface area (Å²) in [6.45, 7) is 9.86. The van der Waals surface area contributed by atoms with Crippen LogP contribution in [0.1, 0.15) is 66.2 Å². The van der Waals surface area contributed by atoms with Crippen LogP contribution < -0.4 is 0 Å². The maximum atomic E-state index is 12.9. The quantitative estimate of drug-likeness (QED) is 0.669. The Kier molecular flexibility index (Phi) is 3.15. The van der Waals surface area contributed by atoms with Crippen LogP contribution in [0.15, 0.2) is 12.3 Å². The molecule has 3 heteroatoms. The third kappa shape index (κ3) is 1.89. The van der Waals surface area contributed by atoms with Gasteiger partial charge in [0.2, 0.25) is 0 Å². The third-order valence-electron chi connectivity index (χ3n) is 7.88. The lowest BCUT2D eigenvalue weighted by atomic mass is 9.44. The number of carbonyl (C=O) groups excluding carboxylic acids is 1. The highest BCUT2D eigenvalue weighted by molar-refractivity contribution is 5.84. The second kappa shape index (κ2) is 4.62. The van der Waals surface area contributed by atoms with Crippen molar-refractivity contribution in [2.45, 2.75) is 77.4 Å². The molecule has 0 radical (unpaired) electrons. The van der Waals surface area contributed by atoms with Gasteiger partial charge in [0.15, 0.2) is 0 Å². The molecule has 2 spiro atoms. The zero-order valence-corrected chi connectivity index (χ0v) is 15.0. The highest BCUT2D eigenvalue weighted by Gasteiger charge is 2.69. The minimum Gasteiger partial charge on any atom is -0.498 e. The number of ketones is 1. The molecule has 0 unspecified atom stereocenters. The predicted octanol–water partition coefficient (Wildman–Crippen LogP) is 4.26. The molecule has 2 aliphatic carbocycles. The maximum Gasteiger partial charge on any atom is 0.138 e. The first-order valence-electron chi connectivity index (χ1n) is 9.27. The average Bonchev–Trinajstić information content (AvgIpc) is 3.10. The van der Waals surface area contributed by atoms with E-state index in [0.717, 1.165) is 19.3 Å². The first-order chi connectivity index (χ1) is 10.7. The topological polar surface area (TPSA) is 35.5 Å². The highest BCUT2D eigenvalue weighted by Crippen LogP contribution is 2.67. The lowest BCUT2D eigenvalue weighted by Gasteiger charge is -2.63. The van der Waals surface area contributed by atoms with E-state index in [1.807, 2.05) is 0 Å². The SMILES string of the molecule is C[C@@H]1C(=O)C[C@H]2C(C)(C)CCC[C@]2(C)[C@]12CC[C@@]1(C=COC1)O2. The zero-order valence-electron chi connectivity index (χ0n) is 15.0. The van der Waals surface area contributed by atoms with Gasteiger partial charge in [0, 0.05) is 17.8 Å². The van der Waals surface area contributed by atoms with E-state index >= 15 is 0 Å². The molecule has 0 aromatic rings. The number of carbonyl (C=O) groups is 1. The molecule has 128 valence electrons. The van der Waals surface area contributed by atoms with Gasteiger partial charge in [-0.25, -0.2) is 0 Å². The van der Waals surface area contributed by atoms with Gasteiger partial charge >= 0.3 is 0 Å². The first-order valence-corrected chi connectivity index (χ1v) is 9.27. The Morgan fingerprint density at radius 1 is 1.13 bits per heavy atom. The van der Waals surface area contributed by atoms with E-state index in [4.69, 9.17) is 9.47 Å². The van der Waals surface area contributed by atoms with Crippen molar-refractivity contribution >= 4 is 5.78 Å². The number of rotatable bonds is 0. The average molecular weight is 318 g/mol. The molecule has 0 N–H and O–H groups in total. The molecule has 4 aliphatic rings. The first kappa shape index (κ1) is 15.7. The van der Waals surface area contributed by atoms with E-state index in [1.54, 1.807) is 6.26 Å². The van der Waals surface area contributed by atoms with Crippen LogP contribution in [0.2, 0.25) is 0 Å². The van der Waals surface area contributed by atoms with Crippen LogP contribution in [0.3, 0.4) is 0 Å². The largest absolute Gasteiger partial charge is 0.498 e. The monoisotopic (exact) mass is 318 g/mol. The normalized spacial score (nSPS) is 51.2. The van der Waals surface area contributed by atoms with Crippen LogP contribution in [0.25, 0.3) is 0 Å². The molecule has 0 amide bonds. The molecule has 23 heavy (non-hydrogen) atoms. The summed E-state index contributed by atoms with van der Waals surface area (Å²) in [4.78, 5) is 12.9. The van der Waals surface area contributed by atoms with Gasteiger partial charge < -0.3 is 9.47 Å². The van der Waals surface area contributed by atoms with E-state index in [0.29, 0.717) is 18.3 Å². The van der Waals surface area contributed by atoms with E-state index in [9.17, 15) is 4.79 Å². The van der Waals surface area contributed by atoms with Crippen molar-refractivity contribution < 1.29 is 14.3 Å². The maximum absolute atomic E-state index is 12.9. The molecule has 3 fully saturated rings. The van der Waals surface area contributed by atoms with Gasteiger partial charge in [0.25, 0.3) is 0 Å². The second-order valence-electron chi connectivity index (χ2n) is 9.37. The van der Waals surface area contributed by atoms with E-state index in [-0.39, 0.29) is 27.9 Å². The highest BCUT2D eigenvalue weighted by atomic mass is 16.6. The van der Waals surface area contributed by atoms with Crippen LogP contribution in [0.4, 0.5) is 0 Å². The number of fused-ring (bicyclic) bond motifs is 2. The van der Waals surface area contributed by atoms with Crippen molar-refractivity contribution in [3.05, 3.63) is 12.3 Å². The minimum absolute atomic E-state index is 0.00831. The van der Waals surface area contributed by atoms with Gasteiger partial charge in [0.1, 0.15) is 18.0 Å². The Labute approximate surface area is 139 Å². The number of hydrogen-bond donors (Lipinski definition) is 0. The Morgan fingerprint density at radius 2 is 1.91 bits per heavy atom. The van der Waals surface area contributed by atoms with Crippen LogP contribution >= 0.6 is 0 Å². The van der Waals surface area contributed by atoms with Crippen molar-refractivity contribution in [3.8, 4) is 0 Å². The summed E-state index contributed by atoms with van der Waals surface area (Å²) in [6.07, 6.45) is 10.2. The summed E-state index contributed by atoms with van der Waals surface area (Å²) in [5, 5.41) is 0. The van der Waals surface area contributed by atoms with Crippen molar-refractivity contribution in [2.75, 3.05) is 6.61 Å². The van der Waals surface area contributed by atoms with Crippen LogP contribution in [-0.2, 0) is 14.3 Å². The summed E-state index contributed by atoms with van der Waals surface area (Å²) in [6, 6.07) is 0. The van der Waals surface area contributed by atoms with Crippen LogP contribution in [0, 0.1) is 22.7 Å². The molecule has 0 aromatic heterocycles. The number of ether oxygens (including phenoxy) is 2. The van der Waals surface area contributed by atoms with Crippen molar-refractivity contribution in [1.29, 1.82) is 0 Å². The molecule has 3 nitrogen and oxygen atoms in total. The molecular formula is C20H30O3. The van der Waals surface area contributed by atoms with Crippen molar-refractivity contribution in [2.24, 2.45) is 22.7 Å². The second-order valence-corrected chi connectivity index (χ2v) is 9.37. The van der Waals surface area contributed by atoms with Gasteiger partial charge in [-0.05, 0) is 43.1 Å². The Balaban J connectivity index is 1.80. The standard InChI is InChI=1S/C20H30O3/c1-14-15(21)12-16-17(2,3)6-5-7-18(16,4)20(14)9-8-19(23-20)10-11-22-13-19/h10-11,14,16H,5-9,12-13H2,1-4H3/t14-,16+,18+,19+,20+/m1/s1. The molecule has 5 atom stereocenters. The van der Waals surface area contributed by atoms with Crippen molar-refractivity contribution in [3.63, 3.8) is 0 Å². The van der Waals surface area contributed by atoms with E-state index < -0.39 is 0 Å². The predicted molar refractivity (Wildman–Crippen MR) is 88.9 cm³/mol. The third-order valence-corrected chi connectivity index (χ3v) is 7.88. The molecule has 4 rings (SSSR count). The number of Topliss-reactive ketones (excluding diaryl/α,β-unsaturated/α-hetero) is 1. The van der Waals surface area contributed by atoms with Crippen LogP contribution in [-0.4, -0.2) is 23.6 Å². The van der Waals surface area contributed by atoms with Crippen molar-refractivity contribution in [1.82, 2.24) is 0 Å². The van der Waals surface area contributed by atoms with Gasteiger partial charge in [-0.2, -0.15) is 0 Å². The fraction of sp³-hybridized carbons (Fsp3) is 0.850. The lowest BCUT2D eigenvalue weighted by Crippen LogP contribution is -2.65. The zero-order chi connectivity index (χ0) is 16.5. The fourth-order valence-corrected chi connectivity index (χ4v) is 6.46. The van der Waals surface area contributed by atoms with Gasteiger partial charge in [-0.1, -0.05) is 34.1 Å². The molecule has 2 heterocycles. The summed E-state index contributed by atoms with van der Waals surface area (Å²) >= 11 is 0. The summed E-state index contributed by atoms with van der Waals surface area (Å²) in [5.74, 6) is 0.822. The fourth-order valence-electron chi connectivity index (χ4n) is 6.46. The summed E-state index contributed by atoms with van der Waals surface area (Å²) in [7, 11) is 0. The van der Waals surface area contributed by atoms with Gasteiger partial charge in [-0.3, -0.25) is 4.79 Å². The molecule has 2 saturated carbocycles. The minimum atomic E-state index is -0.317. The Hall–Kier alpha value is -0.830. The molecule has 2 aliphatic heterocycles. The molecule has 0 bridgehead atoms. The molecule has 0 aromatic carbocycles. The van der Waals surface area contributed by atoms with Crippen LogP contribution in [0.5, 0.6) is 0 Å². The molecular weight excluding hydrogens is 288 g/mol. The van der Waals surface area contributed by atoms with E-state index in [1.165, 1.54) is 19.3 Å². The number of hydrogen-bond acceptors (Lipinski definition) is 3. The summed E-state index contributed by atoms with van der Waals surface area (Å²) < 4.78 is 12.4. The lowest BCUT2D eigenvalue weighted by molar-refractivity contribution is -0.234. The Bertz CT molecular complexity index is 565. The van der Waals surface area contributed by atoms with Gasteiger partial charge in [0.05, 0.1) is 11.9 Å². The van der Waals surface area contributed by atoms with Gasteiger partial charge in [-0.15, -0.1) is 0 Å². The smallest absolute Gasteiger partial charge is 0.138 e. The summed E-state index contributed by atoms with van der Waals surface area (Å²) in [5.41, 5.74) is -0.303.